The van der Waals surface area contributed by atoms with Crippen molar-refractivity contribution in [2.24, 2.45) is 0 Å². The van der Waals surface area contributed by atoms with E-state index in [-0.39, 0.29) is 5.34 Å². The van der Waals surface area contributed by atoms with Gasteiger partial charge in [0.25, 0.3) is 0 Å². The summed E-state index contributed by atoms with van der Waals surface area (Å²) < 4.78 is 5.90. The summed E-state index contributed by atoms with van der Waals surface area (Å²) in [5.41, 5.74) is 2.48. The standard InChI is InChI=1S/C12H19OP/c1-5-12(4,14)13-11-7-6-9(2)8-10(11)3/h6-8H,5,14H2,1-4H3. The third kappa shape index (κ3) is 2.99. The molecule has 0 aliphatic rings. The zero-order chi connectivity index (χ0) is 10.8. The summed E-state index contributed by atoms with van der Waals surface area (Å²) in [7, 11) is 2.75. The van der Waals surface area contributed by atoms with Gasteiger partial charge < -0.3 is 4.74 Å². The summed E-state index contributed by atoms with van der Waals surface area (Å²) in [6.07, 6.45) is 0.977. The van der Waals surface area contributed by atoms with Crippen molar-refractivity contribution >= 4 is 9.24 Å². The van der Waals surface area contributed by atoms with Gasteiger partial charge in [-0.05, 0) is 38.8 Å². The molecule has 1 aromatic rings. The molecular formula is C12H19OP. The minimum atomic E-state index is -0.153. The number of benzene rings is 1. The van der Waals surface area contributed by atoms with Crippen LogP contribution in [0.4, 0.5) is 0 Å². The van der Waals surface area contributed by atoms with Crippen molar-refractivity contribution in [2.75, 3.05) is 0 Å². The topological polar surface area (TPSA) is 9.23 Å². The summed E-state index contributed by atoms with van der Waals surface area (Å²) in [5.74, 6) is 0.981. The highest BCUT2D eigenvalue weighted by atomic mass is 31.0. The minimum absolute atomic E-state index is 0.153. The molecule has 0 aliphatic heterocycles. The molecule has 1 aromatic carbocycles. The Bertz CT molecular complexity index is 318. The lowest BCUT2D eigenvalue weighted by atomic mass is 10.1. The Labute approximate surface area is 89.1 Å². The fraction of sp³-hybridized carbons (Fsp3) is 0.500. The third-order valence-corrected chi connectivity index (χ3v) is 2.90. The molecular weight excluding hydrogens is 191 g/mol. The molecule has 78 valence electrons. The normalized spacial score (nSPS) is 14.9. The van der Waals surface area contributed by atoms with E-state index in [0.29, 0.717) is 0 Å². The van der Waals surface area contributed by atoms with Crippen LogP contribution < -0.4 is 4.74 Å². The molecule has 0 saturated carbocycles. The van der Waals surface area contributed by atoms with Crippen LogP contribution >= 0.6 is 9.24 Å². The second-order valence-electron chi connectivity index (χ2n) is 4.04. The average molecular weight is 210 g/mol. The van der Waals surface area contributed by atoms with Gasteiger partial charge in [-0.2, -0.15) is 0 Å². The molecule has 2 heteroatoms. The van der Waals surface area contributed by atoms with Crippen LogP contribution in [0.15, 0.2) is 18.2 Å². The Morgan fingerprint density at radius 3 is 2.50 bits per heavy atom. The first-order chi connectivity index (χ1) is 6.44. The lowest BCUT2D eigenvalue weighted by Crippen LogP contribution is -2.23. The van der Waals surface area contributed by atoms with Crippen molar-refractivity contribution in [3.05, 3.63) is 29.3 Å². The molecule has 0 fully saturated rings. The van der Waals surface area contributed by atoms with Crippen molar-refractivity contribution in [3.8, 4) is 5.75 Å². The molecule has 0 heterocycles. The van der Waals surface area contributed by atoms with Crippen LogP contribution in [0.2, 0.25) is 0 Å². The molecule has 0 aromatic heterocycles. The van der Waals surface area contributed by atoms with Gasteiger partial charge in [0.1, 0.15) is 11.1 Å². The van der Waals surface area contributed by atoms with Gasteiger partial charge in [-0.3, -0.25) is 0 Å². The number of hydrogen-bond donors (Lipinski definition) is 0. The Kier molecular flexibility index (Phi) is 3.55. The average Bonchev–Trinajstić information content (AvgIpc) is 2.10. The molecule has 0 amide bonds. The number of aryl methyl sites for hydroxylation is 2. The van der Waals surface area contributed by atoms with E-state index in [2.05, 4.69) is 49.1 Å². The van der Waals surface area contributed by atoms with Gasteiger partial charge in [-0.1, -0.05) is 33.9 Å². The SMILES string of the molecule is CCC(C)(P)Oc1ccc(C)cc1C. The summed E-state index contributed by atoms with van der Waals surface area (Å²) in [5, 5.41) is -0.153. The van der Waals surface area contributed by atoms with E-state index >= 15 is 0 Å². The van der Waals surface area contributed by atoms with Crippen LogP contribution in [0.5, 0.6) is 5.75 Å². The number of rotatable bonds is 3. The first-order valence-electron chi connectivity index (χ1n) is 5.00. The van der Waals surface area contributed by atoms with Gasteiger partial charge in [0.15, 0.2) is 0 Å². The van der Waals surface area contributed by atoms with Crippen LogP contribution in [0, 0.1) is 13.8 Å². The molecule has 2 unspecified atom stereocenters. The monoisotopic (exact) mass is 210 g/mol. The summed E-state index contributed by atoms with van der Waals surface area (Å²) in [6, 6.07) is 6.27. The molecule has 0 radical (unpaired) electrons. The number of hydrogen-bond acceptors (Lipinski definition) is 1. The van der Waals surface area contributed by atoms with Crippen LogP contribution in [0.1, 0.15) is 31.4 Å². The van der Waals surface area contributed by atoms with E-state index in [1.165, 1.54) is 11.1 Å². The van der Waals surface area contributed by atoms with E-state index < -0.39 is 0 Å². The Morgan fingerprint density at radius 1 is 1.36 bits per heavy atom. The van der Waals surface area contributed by atoms with Gasteiger partial charge in [-0.15, -0.1) is 0 Å². The van der Waals surface area contributed by atoms with E-state index in [9.17, 15) is 0 Å². The van der Waals surface area contributed by atoms with Crippen LogP contribution in [0.25, 0.3) is 0 Å². The molecule has 1 rings (SSSR count). The smallest absolute Gasteiger partial charge is 0.123 e. The summed E-state index contributed by atoms with van der Waals surface area (Å²) in [6.45, 7) is 8.38. The van der Waals surface area contributed by atoms with Crippen molar-refractivity contribution in [1.29, 1.82) is 0 Å². The third-order valence-electron chi connectivity index (χ3n) is 2.38. The van der Waals surface area contributed by atoms with E-state index in [1.54, 1.807) is 0 Å². The van der Waals surface area contributed by atoms with Crippen molar-refractivity contribution in [3.63, 3.8) is 0 Å². The van der Waals surface area contributed by atoms with Gasteiger partial charge >= 0.3 is 0 Å². The van der Waals surface area contributed by atoms with Crippen LogP contribution in [-0.4, -0.2) is 5.34 Å². The lowest BCUT2D eigenvalue weighted by Gasteiger charge is -2.25. The molecule has 0 bridgehead atoms. The first kappa shape index (κ1) is 11.5. The molecule has 0 spiro atoms. The van der Waals surface area contributed by atoms with Crippen molar-refractivity contribution in [1.82, 2.24) is 0 Å². The highest BCUT2D eigenvalue weighted by Crippen LogP contribution is 2.29. The molecule has 2 atom stereocenters. The highest BCUT2D eigenvalue weighted by Gasteiger charge is 2.17. The molecule has 0 N–H and O–H groups in total. The van der Waals surface area contributed by atoms with Crippen LogP contribution in [-0.2, 0) is 0 Å². The second kappa shape index (κ2) is 4.31. The van der Waals surface area contributed by atoms with Gasteiger partial charge in [-0.25, -0.2) is 0 Å². The molecule has 0 saturated heterocycles. The molecule has 1 nitrogen and oxygen atoms in total. The lowest BCUT2D eigenvalue weighted by molar-refractivity contribution is 0.179. The fourth-order valence-corrected chi connectivity index (χ4v) is 1.36. The van der Waals surface area contributed by atoms with Crippen LogP contribution in [0.3, 0.4) is 0 Å². The van der Waals surface area contributed by atoms with Gasteiger partial charge in [0, 0.05) is 0 Å². The quantitative estimate of drug-likeness (QED) is 0.691. The summed E-state index contributed by atoms with van der Waals surface area (Å²) >= 11 is 0. The molecule has 0 aliphatic carbocycles. The highest BCUT2D eigenvalue weighted by molar-refractivity contribution is 7.18. The zero-order valence-corrected chi connectivity index (χ0v) is 10.6. The van der Waals surface area contributed by atoms with Crippen molar-refractivity contribution < 1.29 is 4.74 Å². The maximum Gasteiger partial charge on any atom is 0.123 e. The van der Waals surface area contributed by atoms with E-state index in [1.807, 2.05) is 6.07 Å². The Hall–Kier alpha value is -0.550. The minimum Gasteiger partial charge on any atom is -0.484 e. The van der Waals surface area contributed by atoms with Gasteiger partial charge in [0.05, 0.1) is 0 Å². The number of ether oxygens (including phenoxy) is 1. The largest absolute Gasteiger partial charge is 0.484 e. The van der Waals surface area contributed by atoms with E-state index in [0.717, 1.165) is 12.2 Å². The first-order valence-corrected chi connectivity index (χ1v) is 5.57. The van der Waals surface area contributed by atoms with Crippen molar-refractivity contribution in [2.45, 2.75) is 39.5 Å². The summed E-state index contributed by atoms with van der Waals surface area (Å²) in [4.78, 5) is 0. The fourth-order valence-electron chi connectivity index (χ4n) is 1.24. The maximum absolute atomic E-state index is 5.90. The zero-order valence-electron chi connectivity index (χ0n) is 9.42. The molecule has 14 heavy (non-hydrogen) atoms. The Balaban J connectivity index is 2.87. The predicted octanol–water partition coefficient (Wildman–Crippen LogP) is 3.68. The van der Waals surface area contributed by atoms with Gasteiger partial charge in [0.2, 0.25) is 0 Å². The van der Waals surface area contributed by atoms with E-state index in [4.69, 9.17) is 4.74 Å². The Morgan fingerprint density at radius 2 is 2.00 bits per heavy atom. The second-order valence-corrected chi connectivity index (χ2v) is 5.26. The predicted molar refractivity (Wildman–Crippen MR) is 65.0 cm³/mol. The maximum atomic E-state index is 5.90.